The van der Waals surface area contributed by atoms with E-state index < -0.39 is 5.60 Å². The molecule has 2 N–H and O–H groups in total. The van der Waals surface area contributed by atoms with Crippen LogP contribution in [0.1, 0.15) is 49.7 Å². The number of carbonyl (C=O) groups is 1. The first-order chi connectivity index (χ1) is 21.6. The second kappa shape index (κ2) is 11.3. The monoisotopic (exact) mass is 606 g/mol. The van der Waals surface area contributed by atoms with Crippen LogP contribution in [0, 0.1) is 13.8 Å². The largest absolute Gasteiger partial charge is 0.389 e. The van der Waals surface area contributed by atoms with Gasteiger partial charge >= 0.3 is 6.03 Å². The molecule has 11 heteroatoms. The first kappa shape index (κ1) is 29.0. The van der Waals surface area contributed by atoms with Gasteiger partial charge in [0, 0.05) is 42.8 Å². The number of fused-ring (bicyclic) bond motifs is 1. The van der Waals surface area contributed by atoms with Crippen molar-refractivity contribution in [3.8, 4) is 22.5 Å². The van der Waals surface area contributed by atoms with Gasteiger partial charge in [-0.2, -0.15) is 5.10 Å². The Morgan fingerprint density at radius 1 is 1.07 bits per heavy atom. The molecular weight excluding hydrogens is 568 g/mol. The van der Waals surface area contributed by atoms with Gasteiger partial charge in [0.2, 0.25) is 0 Å². The first-order valence-electron chi connectivity index (χ1n) is 15.5. The molecule has 1 aliphatic heterocycles. The summed E-state index contributed by atoms with van der Waals surface area (Å²) >= 11 is 0. The van der Waals surface area contributed by atoms with Crippen LogP contribution in [0.25, 0.3) is 33.4 Å². The van der Waals surface area contributed by atoms with Crippen LogP contribution in [0.5, 0.6) is 0 Å². The van der Waals surface area contributed by atoms with Crippen LogP contribution in [0.3, 0.4) is 0 Å². The maximum absolute atomic E-state index is 13.2. The maximum atomic E-state index is 13.2. The van der Waals surface area contributed by atoms with E-state index in [1.807, 2.05) is 55.3 Å². The minimum Gasteiger partial charge on any atom is -0.389 e. The van der Waals surface area contributed by atoms with Gasteiger partial charge in [0.05, 0.1) is 41.2 Å². The molecule has 2 fully saturated rings. The van der Waals surface area contributed by atoms with E-state index in [2.05, 4.69) is 38.7 Å². The van der Waals surface area contributed by atoms with Crippen molar-refractivity contribution in [2.45, 2.75) is 64.8 Å². The van der Waals surface area contributed by atoms with E-state index in [9.17, 15) is 9.90 Å². The third-order valence-corrected chi connectivity index (χ3v) is 8.47. The van der Waals surface area contributed by atoms with Gasteiger partial charge < -0.3 is 24.7 Å². The molecule has 1 atom stereocenters. The number of aromatic nitrogens is 5. The second-order valence-corrected chi connectivity index (χ2v) is 12.8. The third kappa shape index (κ3) is 6.00. The standard InChI is InChI=1S/C34H38N8O3/c1-21-30(22(2)45-39-21)24-10-13-28-27(16-24)32(38-31(37-28)25-17-35-41(18-25)20-34(3,4)44)42-15-14-40(33(43)36-26-11-12-26)19-29(42)23-8-6-5-7-9-23/h5-10,13,16-18,26,29,44H,11-12,14-15,19-20H2,1-4H3,(H,36,43)/t29-/m1/s1. The van der Waals surface area contributed by atoms with Gasteiger partial charge in [0.25, 0.3) is 0 Å². The summed E-state index contributed by atoms with van der Waals surface area (Å²) in [7, 11) is 0. The molecular formula is C34H38N8O3. The molecule has 2 aromatic carbocycles. The molecule has 0 radical (unpaired) electrons. The number of amides is 2. The lowest BCUT2D eigenvalue weighted by Gasteiger charge is -2.42. The summed E-state index contributed by atoms with van der Waals surface area (Å²) < 4.78 is 7.22. The summed E-state index contributed by atoms with van der Waals surface area (Å²) in [5.41, 5.74) is 4.51. The summed E-state index contributed by atoms with van der Waals surface area (Å²) in [6.07, 6.45) is 5.70. The highest BCUT2D eigenvalue weighted by atomic mass is 16.5. The van der Waals surface area contributed by atoms with E-state index >= 15 is 0 Å². The Kier molecular flexibility index (Phi) is 7.27. The second-order valence-electron chi connectivity index (χ2n) is 12.8. The van der Waals surface area contributed by atoms with Gasteiger partial charge in [0.15, 0.2) is 5.82 Å². The molecule has 2 amide bonds. The predicted molar refractivity (Wildman–Crippen MR) is 172 cm³/mol. The first-order valence-corrected chi connectivity index (χ1v) is 15.5. The Morgan fingerprint density at radius 3 is 2.58 bits per heavy atom. The summed E-state index contributed by atoms with van der Waals surface area (Å²) in [4.78, 5) is 27.6. The maximum Gasteiger partial charge on any atom is 0.317 e. The summed E-state index contributed by atoms with van der Waals surface area (Å²) in [5, 5.41) is 23.1. The molecule has 1 aliphatic carbocycles. The molecule has 5 aromatic rings. The van der Waals surface area contributed by atoms with E-state index in [1.165, 1.54) is 0 Å². The Bertz CT molecular complexity index is 1840. The highest BCUT2D eigenvalue weighted by Gasteiger charge is 2.35. The average Bonchev–Trinajstić information content (AvgIpc) is 3.61. The number of carbonyl (C=O) groups excluding carboxylic acids is 1. The number of rotatable bonds is 7. The molecule has 7 rings (SSSR count). The van der Waals surface area contributed by atoms with Crippen molar-refractivity contribution in [3.63, 3.8) is 0 Å². The number of hydrogen-bond acceptors (Lipinski definition) is 8. The molecule has 2 aliphatic rings. The van der Waals surface area contributed by atoms with Crippen LogP contribution >= 0.6 is 0 Å². The van der Waals surface area contributed by atoms with Gasteiger partial charge in [-0.15, -0.1) is 0 Å². The van der Waals surface area contributed by atoms with Crippen LogP contribution in [-0.4, -0.2) is 72.2 Å². The van der Waals surface area contributed by atoms with E-state index in [-0.39, 0.29) is 12.1 Å². The number of benzene rings is 2. The number of nitrogens with one attached hydrogen (secondary N) is 1. The SMILES string of the molecule is Cc1noc(C)c1-c1ccc2nc(-c3cnn(CC(C)(C)O)c3)nc(N3CCN(C(=O)NC4CC4)C[C@@H]3c3ccccc3)c2c1. The van der Waals surface area contributed by atoms with Crippen molar-refractivity contribution >= 4 is 22.8 Å². The molecule has 0 spiro atoms. The zero-order valence-corrected chi connectivity index (χ0v) is 26.1. The fourth-order valence-electron chi connectivity index (χ4n) is 6.15. The Labute approximate surface area is 261 Å². The zero-order chi connectivity index (χ0) is 31.3. The molecule has 0 bridgehead atoms. The number of aliphatic hydroxyl groups is 1. The molecule has 1 saturated carbocycles. The Balaban J connectivity index is 1.36. The van der Waals surface area contributed by atoms with Gasteiger partial charge in [-0.3, -0.25) is 4.68 Å². The van der Waals surface area contributed by atoms with Crippen LogP contribution < -0.4 is 10.2 Å². The van der Waals surface area contributed by atoms with Crippen molar-refractivity contribution in [1.82, 2.24) is 35.1 Å². The zero-order valence-electron chi connectivity index (χ0n) is 26.1. The van der Waals surface area contributed by atoms with Crippen molar-refractivity contribution < 1.29 is 14.4 Å². The highest BCUT2D eigenvalue weighted by molar-refractivity contribution is 5.95. The Morgan fingerprint density at radius 2 is 1.87 bits per heavy atom. The number of urea groups is 1. The topological polar surface area (TPSA) is 125 Å². The molecule has 0 unspecified atom stereocenters. The quantitative estimate of drug-likeness (QED) is 0.257. The smallest absolute Gasteiger partial charge is 0.317 e. The van der Waals surface area contributed by atoms with E-state index in [0.29, 0.717) is 38.0 Å². The van der Waals surface area contributed by atoms with Crippen molar-refractivity contribution in [2.24, 2.45) is 0 Å². The van der Waals surface area contributed by atoms with Gasteiger partial charge in [-0.25, -0.2) is 14.8 Å². The van der Waals surface area contributed by atoms with Crippen molar-refractivity contribution in [3.05, 3.63) is 77.9 Å². The number of nitrogens with zero attached hydrogens (tertiary/aromatic N) is 7. The lowest BCUT2D eigenvalue weighted by molar-refractivity contribution is 0.0577. The molecule has 3 aromatic heterocycles. The average molecular weight is 607 g/mol. The highest BCUT2D eigenvalue weighted by Crippen LogP contribution is 2.38. The number of hydrogen-bond donors (Lipinski definition) is 2. The summed E-state index contributed by atoms with van der Waals surface area (Å²) in [5.74, 6) is 2.09. The lowest BCUT2D eigenvalue weighted by Crippen LogP contribution is -2.53. The summed E-state index contributed by atoms with van der Waals surface area (Å²) in [6.45, 7) is 9.40. The lowest BCUT2D eigenvalue weighted by atomic mass is 9.99. The molecule has 4 heterocycles. The van der Waals surface area contributed by atoms with Crippen molar-refractivity contribution in [1.29, 1.82) is 0 Å². The van der Waals surface area contributed by atoms with E-state index in [0.717, 1.165) is 63.3 Å². The molecule has 11 nitrogen and oxygen atoms in total. The third-order valence-electron chi connectivity index (χ3n) is 8.47. The van der Waals surface area contributed by atoms with Crippen LogP contribution in [0.2, 0.25) is 0 Å². The molecule has 45 heavy (non-hydrogen) atoms. The van der Waals surface area contributed by atoms with Crippen LogP contribution in [0.4, 0.5) is 10.6 Å². The minimum absolute atomic E-state index is 0.00812. The number of anilines is 1. The van der Waals surface area contributed by atoms with E-state index in [1.54, 1.807) is 24.7 Å². The fourth-order valence-corrected chi connectivity index (χ4v) is 6.15. The van der Waals surface area contributed by atoms with Crippen LogP contribution in [0.15, 0.2) is 65.4 Å². The number of piperazine rings is 1. The molecule has 1 saturated heterocycles. The normalized spacial score (nSPS) is 17.2. The van der Waals surface area contributed by atoms with Crippen molar-refractivity contribution in [2.75, 3.05) is 24.5 Å². The fraction of sp³-hybridized carbons (Fsp3) is 0.382. The number of aryl methyl sites for hydroxylation is 2. The van der Waals surface area contributed by atoms with E-state index in [4.69, 9.17) is 14.5 Å². The van der Waals surface area contributed by atoms with Gasteiger partial charge in [0.1, 0.15) is 11.6 Å². The molecule has 232 valence electrons. The predicted octanol–water partition coefficient (Wildman–Crippen LogP) is 5.27. The van der Waals surface area contributed by atoms with Gasteiger partial charge in [-0.1, -0.05) is 41.6 Å². The Hall–Kier alpha value is -4.77. The van der Waals surface area contributed by atoms with Crippen LogP contribution in [-0.2, 0) is 6.54 Å². The minimum atomic E-state index is -0.915. The summed E-state index contributed by atoms with van der Waals surface area (Å²) in [6, 6.07) is 16.6. The van der Waals surface area contributed by atoms with Gasteiger partial charge in [-0.05, 0) is 63.8 Å².